The van der Waals surface area contributed by atoms with Crippen LogP contribution < -0.4 is 5.73 Å². The number of nitrogens with two attached hydrogens (primary N) is 1. The Morgan fingerprint density at radius 2 is 1.94 bits per heavy atom. The summed E-state index contributed by atoms with van der Waals surface area (Å²) < 4.78 is 0. The molecule has 0 spiro atoms. The fraction of sp³-hybridized carbons (Fsp3) is 0.933. The highest BCUT2D eigenvalue weighted by atomic mass is 15.2. The van der Waals surface area contributed by atoms with Crippen LogP contribution in [-0.4, -0.2) is 29.9 Å². The standard InChI is InChI=1S/C15H29N3/c1-18-14(17)9-5-6-10-15(18,11-12-16)13-7-3-2-4-8-13/h13,17H,2-12,16H2,1H3. The van der Waals surface area contributed by atoms with Gasteiger partial charge in [0, 0.05) is 19.0 Å². The molecule has 2 rings (SSSR count). The van der Waals surface area contributed by atoms with Gasteiger partial charge in [0.15, 0.2) is 0 Å². The highest BCUT2D eigenvalue weighted by Gasteiger charge is 2.43. The van der Waals surface area contributed by atoms with E-state index < -0.39 is 0 Å². The van der Waals surface area contributed by atoms with Crippen LogP contribution in [0.25, 0.3) is 0 Å². The third-order valence-corrected chi connectivity index (χ3v) is 5.29. The first kappa shape index (κ1) is 13.9. The zero-order valence-corrected chi connectivity index (χ0v) is 11.9. The van der Waals surface area contributed by atoms with Crippen molar-refractivity contribution < 1.29 is 0 Å². The Kier molecular flexibility index (Phi) is 4.66. The van der Waals surface area contributed by atoms with Gasteiger partial charge >= 0.3 is 0 Å². The summed E-state index contributed by atoms with van der Waals surface area (Å²) in [6, 6.07) is 0. The van der Waals surface area contributed by atoms with Crippen LogP contribution in [0.2, 0.25) is 0 Å². The second-order valence-corrected chi connectivity index (χ2v) is 6.19. The average Bonchev–Trinajstić information content (AvgIpc) is 2.54. The smallest absolute Gasteiger partial charge is 0.0959 e. The number of rotatable bonds is 3. The van der Waals surface area contributed by atoms with Crippen molar-refractivity contribution in [1.82, 2.24) is 4.90 Å². The van der Waals surface area contributed by atoms with E-state index in [4.69, 9.17) is 11.1 Å². The van der Waals surface area contributed by atoms with Crippen molar-refractivity contribution in [2.75, 3.05) is 13.6 Å². The maximum Gasteiger partial charge on any atom is 0.0959 e. The van der Waals surface area contributed by atoms with Crippen molar-refractivity contribution in [3.63, 3.8) is 0 Å². The highest BCUT2D eigenvalue weighted by Crippen LogP contribution is 2.43. The summed E-state index contributed by atoms with van der Waals surface area (Å²) in [6.07, 6.45) is 12.5. The number of nitrogens with zero attached hydrogens (tertiary/aromatic N) is 1. The average molecular weight is 251 g/mol. The van der Waals surface area contributed by atoms with Gasteiger partial charge in [-0.1, -0.05) is 25.7 Å². The van der Waals surface area contributed by atoms with E-state index in [1.54, 1.807) is 0 Å². The van der Waals surface area contributed by atoms with Gasteiger partial charge in [0.1, 0.15) is 0 Å². The van der Waals surface area contributed by atoms with E-state index in [0.717, 1.165) is 31.1 Å². The SMILES string of the molecule is CN1C(=N)CCCCC1(CCN)C1CCCCC1. The Hall–Kier alpha value is -0.570. The van der Waals surface area contributed by atoms with E-state index in [1.807, 2.05) is 0 Å². The van der Waals surface area contributed by atoms with Gasteiger partial charge < -0.3 is 10.6 Å². The first-order valence-electron chi connectivity index (χ1n) is 7.72. The summed E-state index contributed by atoms with van der Waals surface area (Å²) in [4.78, 5) is 2.31. The van der Waals surface area contributed by atoms with Gasteiger partial charge in [0.2, 0.25) is 0 Å². The lowest BCUT2D eigenvalue weighted by molar-refractivity contribution is 0.0705. The van der Waals surface area contributed by atoms with Crippen LogP contribution in [-0.2, 0) is 0 Å². The Balaban J connectivity index is 2.23. The minimum atomic E-state index is 0.197. The van der Waals surface area contributed by atoms with E-state index in [-0.39, 0.29) is 5.54 Å². The normalized spacial score (nSPS) is 31.4. The predicted molar refractivity (Wildman–Crippen MR) is 76.9 cm³/mol. The van der Waals surface area contributed by atoms with Gasteiger partial charge in [0.05, 0.1) is 5.84 Å². The summed E-state index contributed by atoms with van der Waals surface area (Å²) in [6.45, 7) is 0.758. The third kappa shape index (κ3) is 2.56. The molecule has 1 aliphatic heterocycles. The molecule has 1 unspecified atom stereocenters. The van der Waals surface area contributed by atoms with Crippen molar-refractivity contribution in [1.29, 1.82) is 5.41 Å². The highest BCUT2D eigenvalue weighted by molar-refractivity contribution is 5.80. The molecule has 3 N–H and O–H groups in total. The molecular formula is C15H29N3. The Morgan fingerprint density at radius 1 is 1.22 bits per heavy atom. The number of hydrogen-bond acceptors (Lipinski definition) is 2. The molecule has 1 saturated heterocycles. The second kappa shape index (κ2) is 6.05. The molecule has 18 heavy (non-hydrogen) atoms. The Bertz CT molecular complexity index is 283. The van der Waals surface area contributed by atoms with Gasteiger partial charge in [-0.3, -0.25) is 5.41 Å². The van der Waals surface area contributed by atoms with Crippen LogP contribution >= 0.6 is 0 Å². The molecule has 0 aromatic rings. The topological polar surface area (TPSA) is 53.1 Å². The lowest BCUT2D eigenvalue weighted by Crippen LogP contribution is -2.55. The van der Waals surface area contributed by atoms with E-state index >= 15 is 0 Å². The zero-order valence-electron chi connectivity index (χ0n) is 11.9. The van der Waals surface area contributed by atoms with Crippen LogP contribution in [0, 0.1) is 11.3 Å². The van der Waals surface area contributed by atoms with Crippen LogP contribution in [0.1, 0.15) is 64.2 Å². The van der Waals surface area contributed by atoms with E-state index in [1.165, 1.54) is 51.4 Å². The lowest BCUT2D eigenvalue weighted by Gasteiger charge is -2.49. The molecule has 1 aliphatic carbocycles. The Labute approximate surface area is 112 Å². The molecule has 0 bridgehead atoms. The van der Waals surface area contributed by atoms with Crippen molar-refractivity contribution >= 4 is 5.84 Å². The second-order valence-electron chi connectivity index (χ2n) is 6.19. The summed E-state index contributed by atoms with van der Waals surface area (Å²) in [7, 11) is 2.15. The fourth-order valence-electron chi connectivity index (χ4n) is 4.19. The molecule has 0 radical (unpaired) electrons. The van der Waals surface area contributed by atoms with Gasteiger partial charge in [0.25, 0.3) is 0 Å². The molecular weight excluding hydrogens is 222 g/mol. The number of amidine groups is 1. The molecule has 1 saturated carbocycles. The summed E-state index contributed by atoms with van der Waals surface area (Å²) >= 11 is 0. The maximum absolute atomic E-state index is 8.27. The quantitative estimate of drug-likeness (QED) is 0.809. The molecule has 1 atom stereocenters. The van der Waals surface area contributed by atoms with Crippen molar-refractivity contribution in [2.24, 2.45) is 11.7 Å². The minimum absolute atomic E-state index is 0.197. The molecule has 2 fully saturated rings. The van der Waals surface area contributed by atoms with Crippen LogP contribution in [0.4, 0.5) is 0 Å². The largest absolute Gasteiger partial charge is 0.358 e. The van der Waals surface area contributed by atoms with Crippen molar-refractivity contribution in [2.45, 2.75) is 69.7 Å². The van der Waals surface area contributed by atoms with Crippen LogP contribution in [0.15, 0.2) is 0 Å². The number of nitrogens with one attached hydrogen (secondary N) is 1. The first-order valence-corrected chi connectivity index (χ1v) is 7.72. The van der Waals surface area contributed by atoms with E-state index in [9.17, 15) is 0 Å². The first-order chi connectivity index (χ1) is 8.70. The number of hydrogen-bond donors (Lipinski definition) is 2. The minimum Gasteiger partial charge on any atom is -0.358 e. The third-order valence-electron chi connectivity index (χ3n) is 5.29. The molecule has 1 heterocycles. The van der Waals surface area contributed by atoms with E-state index in [0.29, 0.717) is 0 Å². The van der Waals surface area contributed by atoms with Gasteiger partial charge in [-0.15, -0.1) is 0 Å². The molecule has 0 aromatic carbocycles. The van der Waals surface area contributed by atoms with Crippen LogP contribution in [0.5, 0.6) is 0 Å². The molecule has 3 heteroatoms. The van der Waals surface area contributed by atoms with E-state index in [2.05, 4.69) is 11.9 Å². The monoisotopic (exact) mass is 251 g/mol. The van der Waals surface area contributed by atoms with Gasteiger partial charge in [-0.25, -0.2) is 0 Å². The fourth-order valence-corrected chi connectivity index (χ4v) is 4.19. The van der Waals surface area contributed by atoms with Gasteiger partial charge in [-0.05, 0) is 44.6 Å². The van der Waals surface area contributed by atoms with Crippen molar-refractivity contribution in [3.05, 3.63) is 0 Å². The maximum atomic E-state index is 8.27. The lowest BCUT2D eigenvalue weighted by atomic mass is 9.70. The number of likely N-dealkylation sites (tertiary alicyclic amines) is 1. The summed E-state index contributed by atoms with van der Waals surface area (Å²) in [5, 5.41) is 8.27. The molecule has 0 aromatic heterocycles. The molecule has 3 nitrogen and oxygen atoms in total. The summed E-state index contributed by atoms with van der Waals surface area (Å²) in [5.74, 6) is 1.60. The zero-order chi connectivity index (χ0) is 13.0. The van der Waals surface area contributed by atoms with Crippen molar-refractivity contribution in [3.8, 4) is 0 Å². The predicted octanol–water partition coefficient (Wildman–Crippen LogP) is 3.14. The summed E-state index contributed by atoms with van der Waals surface area (Å²) in [5.41, 5.74) is 6.11. The molecule has 104 valence electrons. The van der Waals surface area contributed by atoms with Crippen LogP contribution in [0.3, 0.4) is 0 Å². The van der Waals surface area contributed by atoms with Gasteiger partial charge in [-0.2, -0.15) is 0 Å². The Morgan fingerprint density at radius 3 is 2.61 bits per heavy atom. The molecule has 0 amide bonds. The molecule has 2 aliphatic rings.